The summed E-state index contributed by atoms with van der Waals surface area (Å²) >= 11 is 4.12. The van der Waals surface area contributed by atoms with Gasteiger partial charge in [-0.3, -0.25) is 9.78 Å². The topological polar surface area (TPSA) is 109 Å². The second kappa shape index (κ2) is 10.9. The van der Waals surface area contributed by atoms with Crippen molar-refractivity contribution in [2.75, 3.05) is 20.8 Å². The van der Waals surface area contributed by atoms with Gasteiger partial charge in [0, 0.05) is 12.1 Å². The molecular formula is C24H18BrF3N2O7S. The first-order valence-electron chi connectivity index (χ1n) is 10.8. The molecule has 0 aliphatic carbocycles. The lowest BCUT2D eigenvalue weighted by atomic mass is 10.2. The number of H-pyrrole nitrogens is 1. The number of fused-ring (bicyclic) bond motifs is 1. The van der Waals surface area contributed by atoms with Crippen LogP contribution in [0.25, 0.3) is 15.9 Å². The van der Waals surface area contributed by atoms with Crippen molar-refractivity contribution in [3.63, 3.8) is 0 Å². The van der Waals surface area contributed by atoms with E-state index in [9.17, 15) is 23.2 Å². The number of carbonyl (C=O) groups is 1. The fraction of sp³-hybridized carbons (Fsp3) is 0.208. The molecule has 0 bridgehead atoms. The molecule has 38 heavy (non-hydrogen) atoms. The van der Waals surface area contributed by atoms with E-state index in [0.29, 0.717) is 4.57 Å². The maximum absolute atomic E-state index is 15.2. The van der Waals surface area contributed by atoms with Crippen LogP contribution in [0.15, 0.2) is 37.6 Å². The summed E-state index contributed by atoms with van der Waals surface area (Å²) in [7, 11) is 2.47. The lowest BCUT2D eigenvalue weighted by molar-refractivity contribution is 0.0528. The van der Waals surface area contributed by atoms with Gasteiger partial charge in [-0.1, -0.05) is 0 Å². The Morgan fingerprint density at radius 3 is 2.42 bits per heavy atom. The highest BCUT2D eigenvalue weighted by Crippen LogP contribution is 2.35. The number of esters is 1. The van der Waals surface area contributed by atoms with Crippen molar-refractivity contribution in [3.8, 4) is 22.9 Å². The molecule has 0 aliphatic heterocycles. The molecule has 2 aromatic heterocycles. The van der Waals surface area contributed by atoms with Crippen LogP contribution in [0.3, 0.4) is 0 Å². The fourth-order valence-electron chi connectivity index (χ4n) is 3.68. The molecule has 0 amide bonds. The van der Waals surface area contributed by atoms with Gasteiger partial charge in [0.2, 0.25) is 0 Å². The number of benzene rings is 2. The summed E-state index contributed by atoms with van der Waals surface area (Å²) in [6.07, 6.45) is 0. The van der Waals surface area contributed by atoms with Crippen LogP contribution in [0.5, 0.6) is 17.2 Å². The fourth-order valence-corrected chi connectivity index (χ4v) is 5.42. The van der Waals surface area contributed by atoms with E-state index in [1.54, 1.807) is 6.92 Å². The zero-order valence-electron chi connectivity index (χ0n) is 19.9. The number of aromatic amines is 1. The summed E-state index contributed by atoms with van der Waals surface area (Å²) in [6.45, 7) is 1.05. The summed E-state index contributed by atoms with van der Waals surface area (Å²) < 4.78 is 64.9. The van der Waals surface area contributed by atoms with Crippen molar-refractivity contribution in [3.05, 3.63) is 77.5 Å². The molecule has 0 saturated carbocycles. The minimum Gasteiger partial charge on any atom is -0.496 e. The second-order valence-electron chi connectivity index (χ2n) is 7.53. The minimum atomic E-state index is -1.21. The second-order valence-corrected chi connectivity index (χ2v) is 9.87. The number of nitrogens with zero attached hydrogens (tertiary/aromatic N) is 1. The van der Waals surface area contributed by atoms with Gasteiger partial charge in [0.25, 0.3) is 5.56 Å². The molecular weight excluding hydrogens is 597 g/mol. The molecule has 0 aliphatic rings. The zero-order valence-corrected chi connectivity index (χ0v) is 22.4. The number of hydrogen-bond donors (Lipinski definition) is 1. The molecule has 0 atom stereocenters. The van der Waals surface area contributed by atoms with Gasteiger partial charge in [-0.05, 0) is 35.0 Å². The highest BCUT2D eigenvalue weighted by atomic mass is 79.9. The van der Waals surface area contributed by atoms with Crippen LogP contribution >= 0.6 is 27.3 Å². The number of ether oxygens (including phenoxy) is 4. The van der Waals surface area contributed by atoms with E-state index in [1.165, 1.54) is 20.3 Å². The number of methoxy groups -OCH3 is 2. The maximum atomic E-state index is 15.2. The number of carbonyl (C=O) groups excluding carboxylic acids is 1. The van der Waals surface area contributed by atoms with Gasteiger partial charge in [-0.15, -0.1) is 11.3 Å². The van der Waals surface area contributed by atoms with E-state index in [4.69, 9.17) is 18.9 Å². The van der Waals surface area contributed by atoms with Crippen LogP contribution in [-0.2, 0) is 11.3 Å². The van der Waals surface area contributed by atoms with Gasteiger partial charge in [0.15, 0.2) is 29.0 Å². The van der Waals surface area contributed by atoms with E-state index >= 15 is 4.39 Å². The molecule has 9 nitrogen and oxygen atoms in total. The SMILES string of the molecule is CCOC(=O)c1c(Br)sc2[nH]c(=O)n(-c3cc(OCc4c(OC)ccc(F)c4F)c(OC)cc3F)c(=O)c12. The van der Waals surface area contributed by atoms with E-state index in [1.807, 2.05) is 0 Å². The lowest BCUT2D eigenvalue weighted by Gasteiger charge is -2.16. The Bertz CT molecular complexity index is 1680. The van der Waals surface area contributed by atoms with Crippen molar-refractivity contribution < 1.29 is 36.9 Å². The predicted molar refractivity (Wildman–Crippen MR) is 135 cm³/mol. The van der Waals surface area contributed by atoms with Gasteiger partial charge in [-0.25, -0.2) is 27.3 Å². The highest BCUT2D eigenvalue weighted by Gasteiger charge is 2.26. The summed E-state index contributed by atoms with van der Waals surface area (Å²) in [4.78, 5) is 41.3. The average Bonchev–Trinajstić information content (AvgIpc) is 3.21. The third-order valence-electron chi connectivity index (χ3n) is 5.40. The Kier molecular flexibility index (Phi) is 7.83. The highest BCUT2D eigenvalue weighted by molar-refractivity contribution is 9.11. The Morgan fingerprint density at radius 1 is 1.05 bits per heavy atom. The Labute approximate surface area is 224 Å². The largest absolute Gasteiger partial charge is 0.496 e. The standard InChI is InChI=1S/C24H18BrF3N2O7S/c1-4-36-23(32)17-18-21(38-20(17)25)29-24(33)30(22(18)31)13-8-16(15(35-3)7-12(13)27)37-9-10-14(34-2)6-5-11(26)19(10)28/h5-8H,4,9H2,1-3H3,(H,29,33). The van der Waals surface area contributed by atoms with Crippen LogP contribution in [0.4, 0.5) is 13.2 Å². The van der Waals surface area contributed by atoms with E-state index in [-0.39, 0.29) is 49.0 Å². The molecule has 0 spiro atoms. The quantitative estimate of drug-likeness (QED) is 0.287. The van der Waals surface area contributed by atoms with Crippen LogP contribution in [0, 0.1) is 17.5 Å². The first kappa shape index (κ1) is 27.3. The number of nitrogens with one attached hydrogen (secondary N) is 1. The van der Waals surface area contributed by atoms with Crippen molar-refractivity contribution in [2.45, 2.75) is 13.5 Å². The smallest absolute Gasteiger partial charge is 0.341 e. The molecule has 2 aromatic carbocycles. The molecule has 4 aromatic rings. The number of hydrogen-bond acceptors (Lipinski definition) is 8. The van der Waals surface area contributed by atoms with Gasteiger partial charge in [-0.2, -0.15) is 0 Å². The zero-order chi connectivity index (χ0) is 27.7. The summed E-state index contributed by atoms with van der Waals surface area (Å²) in [5.41, 5.74) is -2.93. The number of aromatic nitrogens is 2. The van der Waals surface area contributed by atoms with E-state index < -0.39 is 47.0 Å². The maximum Gasteiger partial charge on any atom is 0.341 e. The third kappa shape index (κ3) is 4.76. The van der Waals surface area contributed by atoms with Crippen molar-refractivity contribution in [1.29, 1.82) is 0 Å². The summed E-state index contributed by atoms with van der Waals surface area (Å²) in [5, 5.41) is -0.191. The van der Waals surface area contributed by atoms with E-state index in [2.05, 4.69) is 20.9 Å². The first-order valence-corrected chi connectivity index (χ1v) is 12.4. The molecule has 4 rings (SSSR count). The van der Waals surface area contributed by atoms with Crippen molar-refractivity contribution in [2.24, 2.45) is 0 Å². The first-order chi connectivity index (χ1) is 18.1. The van der Waals surface area contributed by atoms with E-state index in [0.717, 1.165) is 29.5 Å². The molecule has 0 saturated heterocycles. The normalized spacial score (nSPS) is 11.0. The van der Waals surface area contributed by atoms with Crippen molar-refractivity contribution >= 4 is 43.5 Å². The molecule has 2 heterocycles. The molecule has 1 N–H and O–H groups in total. The van der Waals surface area contributed by atoms with Gasteiger partial charge >= 0.3 is 11.7 Å². The lowest BCUT2D eigenvalue weighted by Crippen LogP contribution is -2.34. The van der Waals surface area contributed by atoms with Crippen LogP contribution in [-0.4, -0.2) is 36.3 Å². The summed E-state index contributed by atoms with van der Waals surface area (Å²) in [6, 6.07) is 3.94. The van der Waals surface area contributed by atoms with Gasteiger partial charge in [0.1, 0.15) is 17.2 Å². The molecule has 0 radical (unpaired) electrons. The van der Waals surface area contributed by atoms with Crippen LogP contribution in [0.1, 0.15) is 22.8 Å². The van der Waals surface area contributed by atoms with Crippen LogP contribution in [0.2, 0.25) is 0 Å². The third-order valence-corrected chi connectivity index (χ3v) is 7.18. The molecule has 0 fully saturated rings. The predicted octanol–water partition coefficient (Wildman–Crippen LogP) is 4.69. The Morgan fingerprint density at radius 2 is 1.76 bits per heavy atom. The summed E-state index contributed by atoms with van der Waals surface area (Å²) in [5.74, 6) is -4.55. The van der Waals surface area contributed by atoms with Crippen LogP contribution < -0.4 is 25.5 Å². The molecule has 0 unspecified atom stereocenters. The number of rotatable bonds is 8. The van der Waals surface area contributed by atoms with Crippen molar-refractivity contribution in [1.82, 2.24) is 9.55 Å². The monoisotopic (exact) mass is 614 g/mol. The Balaban J connectivity index is 1.87. The van der Waals surface area contributed by atoms with Gasteiger partial charge in [0.05, 0.1) is 46.8 Å². The average molecular weight is 615 g/mol. The Hall–Kier alpha value is -3.78. The number of halogens is 4. The molecule has 200 valence electrons. The number of thiophene rings is 1. The minimum absolute atomic E-state index is 0.00199. The molecule has 14 heteroatoms. The van der Waals surface area contributed by atoms with Gasteiger partial charge < -0.3 is 18.9 Å².